The maximum atomic E-state index is 3.12. The molecule has 1 aromatic carbocycles. The summed E-state index contributed by atoms with van der Waals surface area (Å²) in [6, 6.07) is 9.10. The lowest BCUT2D eigenvalue weighted by Crippen LogP contribution is -1.75. The molecule has 9 heavy (non-hydrogen) atoms. The summed E-state index contributed by atoms with van der Waals surface area (Å²) in [5.41, 5.74) is 1.12. The molecule has 3 heteroatoms. The molecule has 0 aliphatic carbocycles. The van der Waals surface area contributed by atoms with Crippen LogP contribution in [-0.2, 0) is 0 Å². The first kappa shape index (κ1) is 5.50. The van der Waals surface area contributed by atoms with Crippen LogP contribution in [0.3, 0.4) is 0 Å². The van der Waals surface area contributed by atoms with E-state index in [1.807, 2.05) is 12.1 Å². The molecular formula is C6H4NS2. The average Bonchev–Trinajstić information content (AvgIpc) is 2.33. The molecule has 0 amide bonds. The van der Waals surface area contributed by atoms with Crippen LogP contribution in [0, 0.1) is 6.07 Å². The minimum absolute atomic E-state index is 1.12. The lowest BCUT2D eigenvalue weighted by molar-refractivity contribution is 1.48. The Morgan fingerprint density at radius 2 is 2.56 bits per heavy atom. The molecular weight excluding hydrogens is 150 g/mol. The Kier molecular flexibility index (Phi) is 1.32. The average molecular weight is 154 g/mol. The van der Waals surface area contributed by atoms with Crippen molar-refractivity contribution in [3.8, 4) is 0 Å². The SMILES string of the molecule is [c]1cccc2c1NSS2. The van der Waals surface area contributed by atoms with Gasteiger partial charge in [-0.15, -0.1) is 0 Å². The number of fused-ring (bicyclic) bond motifs is 1. The Bertz CT molecular complexity index is 201. The van der Waals surface area contributed by atoms with Crippen LogP contribution in [-0.4, -0.2) is 0 Å². The van der Waals surface area contributed by atoms with Crippen molar-refractivity contribution in [2.24, 2.45) is 0 Å². The number of nitrogens with one attached hydrogen (secondary N) is 1. The Morgan fingerprint density at radius 3 is 3.44 bits per heavy atom. The Balaban J connectivity index is 2.54. The van der Waals surface area contributed by atoms with E-state index in [1.165, 1.54) is 4.90 Å². The van der Waals surface area contributed by atoms with Gasteiger partial charge in [0.05, 0.1) is 5.69 Å². The topological polar surface area (TPSA) is 12.0 Å². The minimum Gasteiger partial charge on any atom is -0.319 e. The summed E-state index contributed by atoms with van der Waals surface area (Å²) in [7, 11) is 3.38. The van der Waals surface area contributed by atoms with E-state index in [9.17, 15) is 0 Å². The molecule has 2 rings (SSSR count). The largest absolute Gasteiger partial charge is 0.319 e. The highest BCUT2D eigenvalue weighted by atomic mass is 33.1. The zero-order valence-electron chi connectivity index (χ0n) is 4.55. The molecule has 0 saturated carbocycles. The summed E-state index contributed by atoms with van der Waals surface area (Å²) < 4.78 is 3.12. The van der Waals surface area contributed by atoms with Crippen molar-refractivity contribution in [3.63, 3.8) is 0 Å². The minimum atomic E-state index is 1.12. The molecule has 1 aromatic rings. The molecule has 0 unspecified atom stereocenters. The summed E-state index contributed by atoms with van der Waals surface area (Å²) in [5, 5.41) is 0. The Labute approximate surface area is 61.8 Å². The number of hydrogen-bond donors (Lipinski definition) is 1. The summed E-state index contributed by atoms with van der Waals surface area (Å²) in [6.07, 6.45) is 0. The van der Waals surface area contributed by atoms with Gasteiger partial charge in [0.15, 0.2) is 0 Å². The van der Waals surface area contributed by atoms with Gasteiger partial charge in [-0.1, -0.05) is 12.1 Å². The van der Waals surface area contributed by atoms with E-state index in [4.69, 9.17) is 0 Å². The zero-order valence-corrected chi connectivity index (χ0v) is 6.18. The maximum absolute atomic E-state index is 3.12. The number of rotatable bonds is 0. The van der Waals surface area contributed by atoms with Crippen LogP contribution in [0.1, 0.15) is 0 Å². The molecule has 1 aliphatic heterocycles. The second kappa shape index (κ2) is 2.15. The van der Waals surface area contributed by atoms with E-state index in [1.54, 1.807) is 21.8 Å². The van der Waals surface area contributed by atoms with Crippen molar-refractivity contribution in [1.29, 1.82) is 0 Å². The van der Waals surface area contributed by atoms with Gasteiger partial charge < -0.3 is 4.72 Å². The first-order chi connectivity index (χ1) is 4.47. The van der Waals surface area contributed by atoms with E-state index in [-0.39, 0.29) is 0 Å². The molecule has 1 nitrogen and oxygen atoms in total. The molecule has 1 aliphatic rings. The van der Waals surface area contributed by atoms with Gasteiger partial charge in [-0.05, 0) is 16.9 Å². The lowest BCUT2D eigenvalue weighted by Gasteiger charge is -1.90. The smallest absolute Gasteiger partial charge is 0.0673 e. The highest BCUT2D eigenvalue weighted by Gasteiger charge is 2.08. The van der Waals surface area contributed by atoms with Crippen LogP contribution in [0.25, 0.3) is 0 Å². The van der Waals surface area contributed by atoms with Crippen LogP contribution in [0.2, 0.25) is 0 Å². The van der Waals surface area contributed by atoms with Crippen LogP contribution < -0.4 is 4.72 Å². The molecule has 0 bridgehead atoms. The van der Waals surface area contributed by atoms with Gasteiger partial charge in [0.25, 0.3) is 0 Å². The number of benzene rings is 1. The van der Waals surface area contributed by atoms with Crippen molar-refractivity contribution in [1.82, 2.24) is 0 Å². The highest BCUT2D eigenvalue weighted by Crippen LogP contribution is 2.43. The second-order valence-electron chi connectivity index (χ2n) is 1.68. The zero-order chi connectivity index (χ0) is 6.10. The summed E-state index contributed by atoms with van der Waals surface area (Å²) >= 11 is 0. The summed E-state index contributed by atoms with van der Waals surface area (Å²) in [6.45, 7) is 0. The van der Waals surface area contributed by atoms with Crippen LogP contribution >= 0.6 is 21.8 Å². The van der Waals surface area contributed by atoms with Crippen molar-refractivity contribution in [3.05, 3.63) is 24.3 Å². The van der Waals surface area contributed by atoms with Crippen molar-refractivity contribution < 1.29 is 0 Å². The molecule has 0 aromatic heterocycles. The predicted molar refractivity (Wildman–Crippen MR) is 42.3 cm³/mol. The molecule has 0 fully saturated rings. The Morgan fingerprint density at radius 1 is 1.56 bits per heavy atom. The molecule has 0 saturated heterocycles. The van der Waals surface area contributed by atoms with Crippen molar-refractivity contribution >= 4 is 27.5 Å². The predicted octanol–water partition coefficient (Wildman–Crippen LogP) is 2.57. The normalized spacial score (nSPS) is 14.7. The van der Waals surface area contributed by atoms with E-state index in [0.29, 0.717) is 0 Å². The molecule has 1 heterocycles. The third-order valence-corrected chi connectivity index (χ3v) is 3.02. The molecule has 1 radical (unpaired) electrons. The number of anilines is 1. The van der Waals surface area contributed by atoms with Gasteiger partial charge in [0.1, 0.15) is 0 Å². The standard InChI is InChI=1S/C6H4NS2/c1-2-4-6-5(3-1)7-9-8-6/h1-2,4,7H. The number of para-hydroxylation sites is 1. The van der Waals surface area contributed by atoms with E-state index >= 15 is 0 Å². The lowest BCUT2D eigenvalue weighted by atomic mass is 10.3. The van der Waals surface area contributed by atoms with Gasteiger partial charge in [0.2, 0.25) is 0 Å². The van der Waals surface area contributed by atoms with Gasteiger partial charge in [-0.2, -0.15) is 0 Å². The molecule has 0 spiro atoms. The fraction of sp³-hybridized carbons (Fsp3) is 0. The van der Waals surface area contributed by atoms with Crippen LogP contribution in [0.5, 0.6) is 0 Å². The maximum Gasteiger partial charge on any atom is 0.0673 e. The van der Waals surface area contributed by atoms with Crippen LogP contribution in [0.15, 0.2) is 23.1 Å². The Hall–Kier alpha value is -0.280. The molecule has 45 valence electrons. The van der Waals surface area contributed by atoms with Crippen molar-refractivity contribution in [2.45, 2.75) is 4.90 Å². The van der Waals surface area contributed by atoms with E-state index in [0.717, 1.165) is 5.69 Å². The quantitative estimate of drug-likeness (QED) is 0.455. The van der Waals surface area contributed by atoms with Crippen LogP contribution in [0.4, 0.5) is 5.69 Å². The summed E-state index contributed by atoms with van der Waals surface area (Å²) in [4.78, 5) is 1.28. The fourth-order valence-electron chi connectivity index (χ4n) is 0.678. The highest BCUT2D eigenvalue weighted by molar-refractivity contribution is 8.77. The van der Waals surface area contributed by atoms with Gasteiger partial charge in [0, 0.05) is 21.9 Å². The van der Waals surface area contributed by atoms with Gasteiger partial charge >= 0.3 is 0 Å². The fourth-order valence-corrected chi connectivity index (χ4v) is 2.51. The van der Waals surface area contributed by atoms with Gasteiger partial charge in [-0.3, -0.25) is 0 Å². The first-order valence-electron chi connectivity index (χ1n) is 2.57. The van der Waals surface area contributed by atoms with Crippen molar-refractivity contribution in [2.75, 3.05) is 4.72 Å². The monoisotopic (exact) mass is 154 g/mol. The number of hydrogen-bond acceptors (Lipinski definition) is 3. The van der Waals surface area contributed by atoms with Gasteiger partial charge in [-0.25, -0.2) is 0 Å². The third-order valence-electron chi connectivity index (χ3n) is 1.09. The second-order valence-corrected chi connectivity index (χ2v) is 3.66. The van der Waals surface area contributed by atoms with E-state index < -0.39 is 0 Å². The van der Waals surface area contributed by atoms with E-state index in [2.05, 4.69) is 16.9 Å². The summed E-state index contributed by atoms with van der Waals surface area (Å²) in [5.74, 6) is 0. The molecule has 0 atom stereocenters. The first-order valence-corrected chi connectivity index (χ1v) is 4.72. The molecule has 1 N–H and O–H groups in total. The third kappa shape index (κ3) is 0.904.